The number of anilines is 2. The first-order chi connectivity index (χ1) is 12.2. The number of fused-ring (bicyclic) bond motifs is 1. The van der Waals surface area contributed by atoms with Crippen LogP contribution < -0.4 is 20.1 Å². The van der Waals surface area contributed by atoms with Crippen molar-refractivity contribution in [2.45, 2.75) is 0 Å². The summed E-state index contributed by atoms with van der Waals surface area (Å²) in [6.45, 7) is 0.118. The monoisotopic (exact) mass is 336 g/mol. The largest absolute Gasteiger partial charge is 0.497 e. The van der Waals surface area contributed by atoms with E-state index in [0.717, 1.165) is 16.5 Å². The van der Waals surface area contributed by atoms with Crippen LogP contribution in [-0.4, -0.2) is 26.7 Å². The molecule has 0 fully saturated rings. The molecular formula is C20H20N2O3. The van der Waals surface area contributed by atoms with Crippen LogP contribution in [0.25, 0.3) is 10.8 Å². The highest BCUT2D eigenvalue weighted by atomic mass is 16.5. The molecule has 5 nitrogen and oxygen atoms in total. The number of hydrogen-bond donors (Lipinski definition) is 2. The number of benzene rings is 3. The van der Waals surface area contributed by atoms with Crippen LogP contribution in [0, 0.1) is 0 Å². The molecule has 128 valence electrons. The zero-order valence-corrected chi connectivity index (χ0v) is 14.2. The third-order valence-corrected chi connectivity index (χ3v) is 3.91. The molecule has 0 aliphatic carbocycles. The standard InChI is InChI=1S/C20H20N2O3/c1-24-15-10-11-19(25-2)18(12-15)21-13-20(23)22-17-9-5-7-14-6-3-4-8-16(14)17/h3-12,21H,13H2,1-2H3,(H,22,23). The van der Waals surface area contributed by atoms with E-state index in [9.17, 15) is 4.79 Å². The van der Waals surface area contributed by atoms with Gasteiger partial charge in [-0.25, -0.2) is 0 Å². The second kappa shape index (κ2) is 7.57. The van der Waals surface area contributed by atoms with Crippen LogP contribution in [0.2, 0.25) is 0 Å². The molecule has 3 aromatic rings. The summed E-state index contributed by atoms with van der Waals surface area (Å²) in [5.74, 6) is 1.21. The van der Waals surface area contributed by atoms with Crippen molar-refractivity contribution in [1.29, 1.82) is 0 Å². The number of amides is 1. The Labute approximate surface area is 146 Å². The van der Waals surface area contributed by atoms with Crippen molar-refractivity contribution in [1.82, 2.24) is 0 Å². The average Bonchev–Trinajstić information content (AvgIpc) is 2.66. The van der Waals surface area contributed by atoms with Gasteiger partial charge in [0.2, 0.25) is 5.91 Å². The molecule has 0 unspecified atom stereocenters. The highest BCUT2D eigenvalue weighted by Gasteiger charge is 2.09. The molecule has 0 aliphatic heterocycles. The van der Waals surface area contributed by atoms with E-state index in [0.29, 0.717) is 17.2 Å². The maximum Gasteiger partial charge on any atom is 0.243 e. The van der Waals surface area contributed by atoms with Crippen LogP contribution in [0.3, 0.4) is 0 Å². The van der Waals surface area contributed by atoms with Crippen molar-refractivity contribution >= 4 is 28.1 Å². The minimum atomic E-state index is -0.138. The Morgan fingerprint density at radius 3 is 2.52 bits per heavy atom. The molecule has 2 N–H and O–H groups in total. The van der Waals surface area contributed by atoms with Crippen LogP contribution >= 0.6 is 0 Å². The van der Waals surface area contributed by atoms with E-state index in [2.05, 4.69) is 10.6 Å². The van der Waals surface area contributed by atoms with E-state index in [1.807, 2.05) is 42.5 Å². The lowest BCUT2D eigenvalue weighted by Gasteiger charge is -2.13. The van der Waals surface area contributed by atoms with Gasteiger partial charge in [0.25, 0.3) is 0 Å². The fourth-order valence-electron chi connectivity index (χ4n) is 2.66. The first-order valence-electron chi connectivity index (χ1n) is 7.95. The number of rotatable bonds is 6. The van der Waals surface area contributed by atoms with Gasteiger partial charge in [-0.2, -0.15) is 0 Å². The Balaban J connectivity index is 1.71. The number of ether oxygens (including phenoxy) is 2. The average molecular weight is 336 g/mol. The Bertz CT molecular complexity index is 888. The van der Waals surface area contributed by atoms with Gasteiger partial charge in [-0.15, -0.1) is 0 Å². The topological polar surface area (TPSA) is 59.6 Å². The van der Waals surface area contributed by atoms with E-state index in [1.165, 1.54) is 0 Å². The molecule has 5 heteroatoms. The van der Waals surface area contributed by atoms with E-state index in [4.69, 9.17) is 9.47 Å². The molecule has 25 heavy (non-hydrogen) atoms. The Hall–Kier alpha value is -3.21. The Morgan fingerprint density at radius 1 is 0.920 bits per heavy atom. The van der Waals surface area contributed by atoms with E-state index in [-0.39, 0.29) is 12.5 Å². The van der Waals surface area contributed by atoms with Crippen LogP contribution in [0.5, 0.6) is 11.5 Å². The first-order valence-corrected chi connectivity index (χ1v) is 7.95. The summed E-state index contributed by atoms with van der Waals surface area (Å²) in [7, 11) is 3.18. The molecular weight excluding hydrogens is 316 g/mol. The number of carbonyl (C=O) groups is 1. The minimum absolute atomic E-state index is 0.118. The fourth-order valence-corrected chi connectivity index (χ4v) is 2.66. The summed E-state index contributed by atoms with van der Waals surface area (Å²) >= 11 is 0. The zero-order valence-electron chi connectivity index (χ0n) is 14.2. The summed E-state index contributed by atoms with van der Waals surface area (Å²) < 4.78 is 10.5. The lowest BCUT2D eigenvalue weighted by molar-refractivity contribution is -0.114. The highest BCUT2D eigenvalue weighted by Crippen LogP contribution is 2.29. The quantitative estimate of drug-likeness (QED) is 0.716. The molecule has 0 spiro atoms. The van der Waals surface area contributed by atoms with Crippen molar-refractivity contribution in [3.8, 4) is 11.5 Å². The number of methoxy groups -OCH3 is 2. The van der Waals surface area contributed by atoms with Gasteiger partial charge in [-0.1, -0.05) is 36.4 Å². The summed E-state index contributed by atoms with van der Waals surface area (Å²) in [6, 6.07) is 19.2. The normalized spacial score (nSPS) is 10.3. The van der Waals surface area contributed by atoms with Gasteiger partial charge in [0.1, 0.15) is 11.5 Å². The van der Waals surface area contributed by atoms with Gasteiger partial charge in [0.05, 0.1) is 26.5 Å². The van der Waals surface area contributed by atoms with Crippen molar-refractivity contribution in [3.05, 3.63) is 60.7 Å². The number of hydrogen-bond acceptors (Lipinski definition) is 4. The van der Waals surface area contributed by atoms with Gasteiger partial charge < -0.3 is 20.1 Å². The van der Waals surface area contributed by atoms with E-state index in [1.54, 1.807) is 32.4 Å². The molecule has 0 saturated carbocycles. The maximum absolute atomic E-state index is 12.3. The van der Waals surface area contributed by atoms with Crippen LogP contribution in [0.1, 0.15) is 0 Å². The fraction of sp³-hybridized carbons (Fsp3) is 0.150. The SMILES string of the molecule is COc1ccc(OC)c(NCC(=O)Nc2cccc3ccccc23)c1. The molecule has 0 radical (unpaired) electrons. The second-order valence-electron chi connectivity index (χ2n) is 5.49. The predicted octanol–water partition coefficient (Wildman–Crippen LogP) is 3.91. The smallest absolute Gasteiger partial charge is 0.243 e. The van der Waals surface area contributed by atoms with Gasteiger partial charge >= 0.3 is 0 Å². The molecule has 3 aromatic carbocycles. The predicted molar refractivity (Wildman–Crippen MR) is 101 cm³/mol. The van der Waals surface area contributed by atoms with E-state index >= 15 is 0 Å². The van der Waals surface area contributed by atoms with Gasteiger partial charge in [0, 0.05) is 17.1 Å². The van der Waals surface area contributed by atoms with E-state index < -0.39 is 0 Å². The van der Waals surface area contributed by atoms with Crippen LogP contribution in [-0.2, 0) is 4.79 Å². The highest BCUT2D eigenvalue weighted by molar-refractivity contribution is 6.03. The zero-order chi connectivity index (χ0) is 17.6. The molecule has 0 heterocycles. The lowest BCUT2D eigenvalue weighted by Crippen LogP contribution is -2.22. The van der Waals surface area contributed by atoms with Crippen molar-refractivity contribution in [3.63, 3.8) is 0 Å². The Kier molecular flexibility index (Phi) is 5.04. The third-order valence-electron chi connectivity index (χ3n) is 3.91. The number of nitrogens with one attached hydrogen (secondary N) is 2. The molecule has 0 bridgehead atoms. The van der Waals surface area contributed by atoms with Crippen molar-refractivity contribution in [2.75, 3.05) is 31.4 Å². The second-order valence-corrected chi connectivity index (χ2v) is 5.49. The van der Waals surface area contributed by atoms with Crippen LogP contribution in [0.4, 0.5) is 11.4 Å². The van der Waals surface area contributed by atoms with Gasteiger partial charge in [-0.05, 0) is 23.6 Å². The summed E-state index contributed by atoms with van der Waals surface area (Å²) in [5, 5.41) is 8.13. The van der Waals surface area contributed by atoms with Crippen LogP contribution in [0.15, 0.2) is 60.7 Å². The lowest BCUT2D eigenvalue weighted by atomic mass is 10.1. The van der Waals surface area contributed by atoms with Crippen molar-refractivity contribution in [2.24, 2.45) is 0 Å². The maximum atomic E-state index is 12.3. The third kappa shape index (κ3) is 3.83. The number of carbonyl (C=O) groups excluding carboxylic acids is 1. The molecule has 0 aromatic heterocycles. The summed E-state index contributed by atoms with van der Waals surface area (Å²) in [4.78, 5) is 12.3. The molecule has 1 amide bonds. The molecule has 0 aliphatic rings. The molecule has 3 rings (SSSR count). The molecule has 0 atom stereocenters. The minimum Gasteiger partial charge on any atom is -0.497 e. The summed E-state index contributed by atoms with van der Waals surface area (Å²) in [6.07, 6.45) is 0. The summed E-state index contributed by atoms with van der Waals surface area (Å²) in [5.41, 5.74) is 1.50. The van der Waals surface area contributed by atoms with Gasteiger partial charge in [0.15, 0.2) is 0 Å². The molecule has 0 saturated heterocycles. The Morgan fingerprint density at radius 2 is 1.72 bits per heavy atom. The van der Waals surface area contributed by atoms with Crippen molar-refractivity contribution < 1.29 is 14.3 Å². The van der Waals surface area contributed by atoms with Gasteiger partial charge in [-0.3, -0.25) is 4.79 Å². The first kappa shape index (κ1) is 16.6.